The van der Waals surface area contributed by atoms with Crippen LogP contribution in [0.25, 0.3) is 0 Å². The summed E-state index contributed by atoms with van der Waals surface area (Å²) in [6, 6.07) is 0. The molecule has 2 saturated heterocycles. The van der Waals surface area contributed by atoms with Crippen molar-refractivity contribution in [1.82, 2.24) is 0 Å². The van der Waals surface area contributed by atoms with Crippen LogP contribution in [-0.2, 0) is 19.1 Å². The zero-order valence-electron chi connectivity index (χ0n) is 24.7. The minimum absolute atomic E-state index is 0.0806. The van der Waals surface area contributed by atoms with Gasteiger partial charge in [0.05, 0.1) is 12.2 Å². The number of carbonyl (C=O) groups excluding carboxylic acids is 1. The van der Waals surface area contributed by atoms with E-state index in [1.54, 1.807) is 0 Å². The summed E-state index contributed by atoms with van der Waals surface area (Å²) < 4.78 is 11.5. The summed E-state index contributed by atoms with van der Waals surface area (Å²) in [6.07, 6.45) is 10.7. The predicted octanol–water partition coefficient (Wildman–Crippen LogP) is 5.78. The van der Waals surface area contributed by atoms with Gasteiger partial charge in [0.25, 0.3) is 0 Å². The molecule has 2 N–H and O–H groups in total. The van der Waals surface area contributed by atoms with Gasteiger partial charge in [0, 0.05) is 18.3 Å². The number of aliphatic carboxylic acids is 1. The van der Waals surface area contributed by atoms with Gasteiger partial charge in [-0.2, -0.15) is 0 Å². The Labute approximate surface area is 234 Å². The van der Waals surface area contributed by atoms with Crippen LogP contribution in [0.1, 0.15) is 112 Å². The molecule has 2 aliphatic heterocycles. The Morgan fingerprint density at radius 1 is 0.872 bits per heavy atom. The van der Waals surface area contributed by atoms with Crippen molar-refractivity contribution in [2.24, 2.45) is 50.7 Å². The maximum absolute atomic E-state index is 13.0. The van der Waals surface area contributed by atoms with Gasteiger partial charge in [-0.3, -0.25) is 4.79 Å². The fourth-order valence-corrected chi connectivity index (χ4v) is 12.9. The second kappa shape index (κ2) is 8.31. The van der Waals surface area contributed by atoms with E-state index >= 15 is 0 Å². The molecule has 5 aliphatic carbocycles. The lowest BCUT2D eigenvalue weighted by molar-refractivity contribution is -0.240. The molecule has 0 aromatic carbocycles. The zero-order chi connectivity index (χ0) is 27.8. The number of epoxide rings is 1. The van der Waals surface area contributed by atoms with E-state index in [9.17, 15) is 19.8 Å². The number of fused-ring (bicyclic) bond motifs is 8. The van der Waals surface area contributed by atoms with Crippen molar-refractivity contribution in [3.05, 3.63) is 0 Å². The third-order valence-corrected chi connectivity index (χ3v) is 15.1. The first-order valence-electron chi connectivity index (χ1n) is 16.0. The third kappa shape index (κ3) is 3.32. The van der Waals surface area contributed by atoms with E-state index in [4.69, 9.17) is 9.47 Å². The van der Waals surface area contributed by atoms with Gasteiger partial charge in [0.1, 0.15) is 18.0 Å². The van der Waals surface area contributed by atoms with Crippen molar-refractivity contribution in [2.75, 3.05) is 0 Å². The van der Waals surface area contributed by atoms with Crippen LogP contribution < -0.4 is 0 Å². The number of ketones is 1. The van der Waals surface area contributed by atoms with Gasteiger partial charge in [-0.05, 0) is 103 Å². The van der Waals surface area contributed by atoms with Crippen molar-refractivity contribution in [2.45, 2.75) is 142 Å². The van der Waals surface area contributed by atoms with Crippen molar-refractivity contribution in [3.8, 4) is 0 Å². The first-order chi connectivity index (χ1) is 18.3. The van der Waals surface area contributed by atoms with Crippen molar-refractivity contribution in [1.29, 1.82) is 0 Å². The molecule has 0 spiro atoms. The summed E-state index contributed by atoms with van der Waals surface area (Å²) in [5.41, 5.74) is 0.439. The first-order valence-corrected chi connectivity index (χ1v) is 16.0. The highest BCUT2D eigenvalue weighted by Crippen LogP contribution is 2.77. The van der Waals surface area contributed by atoms with Crippen LogP contribution >= 0.6 is 0 Å². The molecule has 7 fully saturated rings. The lowest BCUT2D eigenvalue weighted by Crippen LogP contribution is -2.66. The number of aliphatic hydroxyl groups is 1. The van der Waals surface area contributed by atoms with Gasteiger partial charge >= 0.3 is 5.97 Å². The number of carboxylic acid groups (broad SMARTS) is 1. The standard InChI is InChI=1S/C33H50O6/c1-29(2)21-10-14-32(5)22(30(21,3)13-11-23(29)34)9-8-18-19-7-6-12-33(19,16-15-31(18,32)4)24(35)17-20-25-26(39-25)27(38-20)28(36)37/h18-22,24-27,35H,6-17H2,1-5H3,(H,36,37)/t18?,19?,20?,21?,22?,24?,25?,26?,27?,30?,31-,32?,33?/m1/s1. The van der Waals surface area contributed by atoms with E-state index in [2.05, 4.69) is 34.6 Å². The molecule has 218 valence electrons. The molecule has 39 heavy (non-hydrogen) atoms. The van der Waals surface area contributed by atoms with Crippen LogP contribution in [0, 0.1) is 50.7 Å². The number of rotatable bonds is 4. The lowest BCUT2D eigenvalue weighted by atomic mass is 9.32. The number of aliphatic hydroxyl groups excluding tert-OH is 1. The van der Waals surface area contributed by atoms with Gasteiger partial charge < -0.3 is 19.7 Å². The van der Waals surface area contributed by atoms with Crippen LogP contribution in [-0.4, -0.2) is 52.5 Å². The Hall–Kier alpha value is -0.980. The van der Waals surface area contributed by atoms with Gasteiger partial charge in [-0.25, -0.2) is 4.79 Å². The van der Waals surface area contributed by atoms with E-state index in [0.717, 1.165) is 38.5 Å². The molecule has 0 radical (unpaired) electrons. The Morgan fingerprint density at radius 2 is 1.64 bits per heavy atom. The summed E-state index contributed by atoms with van der Waals surface area (Å²) in [5, 5.41) is 21.4. The average molecular weight is 543 g/mol. The number of hydrogen-bond donors (Lipinski definition) is 2. The topological polar surface area (TPSA) is 96.4 Å². The number of Topliss-reactive ketones (excluding diaryl/α,β-unsaturated/α-hetero) is 1. The molecule has 7 rings (SSSR count). The van der Waals surface area contributed by atoms with E-state index in [0.29, 0.717) is 35.9 Å². The second-order valence-corrected chi connectivity index (χ2v) is 16.3. The molecule has 0 aromatic heterocycles. The highest BCUT2D eigenvalue weighted by molar-refractivity contribution is 5.85. The Kier molecular flexibility index (Phi) is 5.73. The van der Waals surface area contributed by atoms with E-state index in [-0.39, 0.29) is 45.4 Å². The van der Waals surface area contributed by atoms with E-state index in [1.165, 1.54) is 32.1 Å². The van der Waals surface area contributed by atoms with Crippen molar-refractivity contribution in [3.63, 3.8) is 0 Å². The molecule has 5 saturated carbocycles. The van der Waals surface area contributed by atoms with E-state index < -0.39 is 18.2 Å². The SMILES string of the molecule is CC1(C)C(=O)CCC2(C)C1CCC1(C)C2CCC2C3CCCC3(C(O)CC3OC(C(=O)O)C4OC34)CC[C@]21C. The fraction of sp³-hybridized carbons (Fsp3) is 0.939. The predicted molar refractivity (Wildman–Crippen MR) is 146 cm³/mol. The zero-order valence-corrected chi connectivity index (χ0v) is 24.7. The van der Waals surface area contributed by atoms with Gasteiger partial charge in [0.2, 0.25) is 0 Å². The molecule has 0 amide bonds. The Balaban J connectivity index is 1.15. The second-order valence-electron chi connectivity index (χ2n) is 16.3. The van der Waals surface area contributed by atoms with Crippen LogP contribution in [0.4, 0.5) is 0 Å². The molecule has 6 heteroatoms. The normalized spacial score (nSPS) is 56.0. The van der Waals surface area contributed by atoms with Crippen LogP contribution in [0.15, 0.2) is 0 Å². The quantitative estimate of drug-likeness (QED) is 0.437. The first kappa shape index (κ1) is 26.9. The summed E-state index contributed by atoms with van der Waals surface area (Å²) in [5.74, 6) is 1.79. The maximum atomic E-state index is 13.0. The van der Waals surface area contributed by atoms with Gasteiger partial charge in [-0.1, -0.05) is 41.0 Å². The van der Waals surface area contributed by atoms with Crippen molar-refractivity contribution < 1.29 is 29.3 Å². The summed E-state index contributed by atoms with van der Waals surface area (Å²) in [7, 11) is 0. The highest BCUT2D eigenvalue weighted by Gasteiger charge is 2.71. The minimum atomic E-state index is -0.955. The van der Waals surface area contributed by atoms with E-state index in [1.807, 2.05) is 0 Å². The van der Waals surface area contributed by atoms with Crippen LogP contribution in [0.2, 0.25) is 0 Å². The largest absolute Gasteiger partial charge is 0.479 e. The lowest BCUT2D eigenvalue weighted by Gasteiger charge is -2.72. The minimum Gasteiger partial charge on any atom is -0.479 e. The van der Waals surface area contributed by atoms with Crippen molar-refractivity contribution >= 4 is 11.8 Å². The van der Waals surface area contributed by atoms with Gasteiger partial charge in [0.15, 0.2) is 6.10 Å². The van der Waals surface area contributed by atoms with Crippen LogP contribution in [0.3, 0.4) is 0 Å². The Morgan fingerprint density at radius 3 is 2.36 bits per heavy atom. The molecular weight excluding hydrogens is 492 g/mol. The average Bonchev–Trinajstić information content (AvgIpc) is 3.39. The Bertz CT molecular complexity index is 1070. The fourth-order valence-electron chi connectivity index (χ4n) is 12.9. The highest BCUT2D eigenvalue weighted by atomic mass is 16.7. The molecule has 13 atom stereocenters. The monoisotopic (exact) mass is 542 g/mol. The molecule has 7 aliphatic rings. The third-order valence-electron chi connectivity index (χ3n) is 15.1. The molecule has 2 heterocycles. The summed E-state index contributed by atoms with van der Waals surface area (Å²) in [6.45, 7) is 12.2. The number of hydrogen-bond acceptors (Lipinski definition) is 5. The summed E-state index contributed by atoms with van der Waals surface area (Å²) in [4.78, 5) is 24.6. The number of carbonyl (C=O) groups is 2. The molecule has 12 unspecified atom stereocenters. The molecular formula is C33H50O6. The van der Waals surface area contributed by atoms with Gasteiger partial charge in [-0.15, -0.1) is 0 Å². The maximum Gasteiger partial charge on any atom is 0.335 e. The molecule has 0 aromatic rings. The summed E-state index contributed by atoms with van der Waals surface area (Å²) >= 11 is 0. The smallest absolute Gasteiger partial charge is 0.335 e. The number of carboxylic acids is 1. The molecule has 0 bridgehead atoms. The van der Waals surface area contributed by atoms with Crippen LogP contribution in [0.5, 0.6) is 0 Å². The molecule has 6 nitrogen and oxygen atoms in total. The number of ether oxygens (including phenoxy) is 2.